The third kappa shape index (κ3) is 3.58. The molecule has 0 unspecified atom stereocenters. The summed E-state index contributed by atoms with van der Waals surface area (Å²) < 4.78 is 10.5. The van der Waals surface area contributed by atoms with Gasteiger partial charge in [-0.05, 0) is 19.1 Å². The van der Waals surface area contributed by atoms with E-state index >= 15 is 0 Å². The Kier molecular flexibility index (Phi) is 4.55. The Labute approximate surface area is 112 Å². The van der Waals surface area contributed by atoms with Crippen LogP contribution in [0.2, 0.25) is 0 Å². The molecule has 0 aliphatic heterocycles. The number of hydrogen-bond donors (Lipinski definition) is 1. The Morgan fingerprint density at radius 3 is 2.79 bits per heavy atom. The molecule has 0 aromatic carbocycles. The normalized spacial score (nSPS) is 10.0. The maximum atomic E-state index is 5.29. The third-order valence-corrected chi connectivity index (χ3v) is 2.55. The van der Waals surface area contributed by atoms with Crippen molar-refractivity contribution in [3.8, 4) is 11.8 Å². The Hall–Kier alpha value is -2.30. The number of aromatic nitrogens is 2. The van der Waals surface area contributed by atoms with Gasteiger partial charge in [0.25, 0.3) is 0 Å². The quantitative estimate of drug-likeness (QED) is 0.863. The van der Waals surface area contributed by atoms with Crippen molar-refractivity contribution in [2.24, 2.45) is 0 Å². The first-order valence-corrected chi connectivity index (χ1v) is 6.14. The fourth-order valence-electron chi connectivity index (χ4n) is 1.66. The van der Waals surface area contributed by atoms with Crippen LogP contribution in [-0.4, -0.2) is 23.7 Å². The zero-order valence-corrected chi connectivity index (χ0v) is 11.1. The van der Waals surface area contributed by atoms with Gasteiger partial charge in [-0.3, -0.25) is 0 Å². The van der Waals surface area contributed by atoms with E-state index in [0.717, 1.165) is 11.3 Å². The van der Waals surface area contributed by atoms with Crippen LogP contribution in [0.25, 0.3) is 0 Å². The number of methoxy groups -OCH3 is 1. The first-order valence-electron chi connectivity index (χ1n) is 6.14. The Morgan fingerprint density at radius 1 is 1.21 bits per heavy atom. The zero-order valence-electron chi connectivity index (χ0n) is 11.1. The van der Waals surface area contributed by atoms with Crippen LogP contribution in [0.5, 0.6) is 11.8 Å². The number of nitrogens with one attached hydrogen (secondary N) is 1. The van der Waals surface area contributed by atoms with Crippen LogP contribution in [0.3, 0.4) is 0 Å². The lowest BCUT2D eigenvalue weighted by Crippen LogP contribution is -2.03. The minimum atomic E-state index is 0.618. The molecule has 2 rings (SSSR count). The van der Waals surface area contributed by atoms with Crippen molar-refractivity contribution >= 4 is 5.69 Å². The monoisotopic (exact) mass is 259 g/mol. The number of rotatable bonds is 6. The smallest absolute Gasteiger partial charge is 0.218 e. The van der Waals surface area contributed by atoms with Crippen molar-refractivity contribution < 1.29 is 9.47 Å². The fraction of sp³-hybridized carbons (Fsp3) is 0.286. The van der Waals surface area contributed by atoms with Crippen LogP contribution < -0.4 is 14.8 Å². The minimum Gasteiger partial charge on any atom is -0.481 e. The highest BCUT2D eigenvalue weighted by molar-refractivity contribution is 5.43. The van der Waals surface area contributed by atoms with Crippen LogP contribution >= 0.6 is 0 Å². The molecule has 5 heteroatoms. The van der Waals surface area contributed by atoms with E-state index in [1.54, 1.807) is 19.5 Å². The SMILES string of the molecule is CCOc1ccc(NCc2cccnc2OC)cn1. The number of nitrogens with zero attached hydrogens (tertiary/aromatic N) is 2. The molecule has 2 aromatic rings. The van der Waals surface area contributed by atoms with E-state index in [2.05, 4.69) is 15.3 Å². The van der Waals surface area contributed by atoms with Gasteiger partial charge >= 0.3 is 0 Å². The van der Waals surface area contributed by atoms with Crippen molar-refractivity contribution in [3.63, 3.8) is 0 Å². The summed E-state index contributed by atoms with van der Waals surface area (Å²) in [4.78, 5) is 8.34. The molecule has 0 fully saturated rings. The van der Waals surface area contributed by atoms with E-state index in [1.165, 1.54) is 0 Å². The number of anilines is 1. The zero-order chi connectivity index (χ0) is 13.5. The Morgan fingerprint density at radius 2 is 2.11 bits per heavy atom. The van der Waals surface area contributed by atoms with E-state index in [4.69, 9.17) is 9.47 Å². The van der Waals surface area contributed by atoms with E-state index in [0.29, 0.717) is 24.9 Å². The van der Waals surface area contributed by atoms with Crippen LogP contribution in [0.1, 0.15) is 12.5 Å². The van der Waals surface area contributed by atoms with Gasteiger partial charge in [0.05, 0.1) is 25.6 Å². The van der Waals surface area contributed by atoms with Crippen molar-refractivity contribution in [3.05, 3.63) is 42.2 Å². The van der Waals surface area contributed by atoms with E-state index in [-0.39, 0.29) is 0 Å². The van der Waals surface area contributed by atoms with Crippen LogP contribution in [0.15, 0.2) is 36.7 Å². The molecule has 2 heterocycles. The van der Waals surface area contributed by atoms with Crippen molar-refractivity contribution in [1.29, 1.82) is 0 Å². The molecule has 0 radical (unpaired) electrons. The molecule has 0 saturated carbocycles. The van der Waals surface area contributed by atoms with Crippen LogP contribution in [0, 0.1) is 0 Å². The molecule has 0 bridgehead atoms. The van der Waals surface area contributed by atoms with Gasteiger partial charge in [-0.2, -0.15) is 0 Å². The summed E-state index contributed by atoms with van der Waals surface area (Å²) in [6.45, 7) is 3.18. The highest BCUT2D eigenvalue weighted by Gasteiger charge is 2.03. The van der Waals surface area contributed by atoms with E-state index < -0.39 is 0 Å². The summed E-state index contributed by atoms with van der Waals surface area (Å²) >= 11 is 0. The summed E-state index contributed by atoms with van der Waals surface area (Å²) in [6.07, 6.45) is 3.45. The summed E-state index contributed by atoms with van der Waals surface area (Å²) in [5.41, 5.74) is 1.92. The van der Waals surface area contributed by atoms with Gasteiger partial charge < -0.3 is 14.8 Å². The van der Waals surface area contributed by atoms with Gasteiger partial charge in [0.15, 0.2) is 0 Å². The number of ether oxygens (including phenoxy) is 2. The van der Waals surface area contributed by atoms with Crippen LogP contribution in [-0.2, 0) is 6.54 Å². The third-order valence-electron chi connectivity index (χ3n) is 2.55. The van der Waals surface area contributed by atoms with Gasteiger partial charge in [0, 0.05) is 24.4 Å². The first-order chi connectivity index (χ1) is 9.33. The highest BCUT2D eigenvalue weighted by atomic mass is 16.5. The van der Waals surface area contributed by atoms with Crippen molar-refractivity contribution in [2.75, 3.05) is 19.0 Å². The Bertz CT molecular complexity index is 514. The van der Waals surface area contributed by atoms with Gasteiger partial charge in [-0.15, -0.1) is 0 Å². The van der Waals surface area contributed by atoms with Gasteiger partial charge in [0.1, 0.15) is 0 Å². The summed E-state index contributed by atoms with van der Waals surface area (Å²) in [5, 5.41) is 3.27. The average molecular weight is 259 g/mol. The summed E-state index contributed by atoms with van der Waals surface area (Å²) in [7, 11) is 1.62. The first kappa shape index (κ1) is 13.1. The fourth-order valence-corrected chi connectivity index (χ4v) is 1.66. The minimum absolute atomic E-state index is 0.618. The molecule has 0 atom stereocenters. The number of pyridine rings is 2. The van der Waals surface area contributed by atoms with Gasteiger partial charge in [-0.25, -0.2) is 9.97 Å². The highest BCUT2D eigenvalue weighted by Crippen LogP contribution is 2.17. The van der Waals surface area contributed by atoms with Crippen molar-refractivity contribution in [1.82, 2.24) is 9.97 Å². The molecule has 5 nitrogen and oxygen atoms in total. The molecule has 0 spiro atoms. The molecular weight excluding hydrogens is 242 g/mol. The van der Waals surface area contributed by atoms with Crippen molar-refractivity contribution in [2.45, 2.75) is 13.5 Å². The second-order valence-corrected chi connectivity index (χ2v) is 3.84. The lowest BCUT2D eigenvalue weighted by Gasteiger charge is -2.09. The maximum Gasteiger partial charge on any atom is 0.218 e. The standard InChI is InChI=1S/C14H17N3O2/c1-3-19-13-7-6-12(10-17-13)16-9-11-5-4-8-15-14(11)18-2/h4-8,10,16H,3,9H2,1-2H3. The molecule has 1 N–H and O–H groups in total. The molecule has 100 valence electrons. The molecule has 0 aliphatic carbocycles. The predicted molar refractivity (Wildman–Crippen MR) is 73.5 cm³/mol. The molecule has 0 saturated heterocycles. The van der Waals surface area contributed by atoms with E-state index in [9.17, 15) is 0 Å². The molecular formula is C14H17N3O2. The summed E-state index contributed by atoms with van der Waals surface area (Å²) in [5.74, 6) is 1.26. The van der Waals surface area contributed by atoms with Gasteiger partial charge in [-0.1, -0.05) is 6.07 Å². The predicted octanol–water partition coefficient (Wildman–Crippen LogP) is 2.50. The van der Waals surface area contributed by atoms with Gasteiger partial charge in [0.2, 0.25) is 11.8 Å². The average Bonchev–Trinajstić information content (AvgIpc) is 2.47. The van der Waals surface area contributed by atoms with E-state index in [1.807, 2.05) is 31.2 Å². The van der Waals surface area contributed by atoms with Crippen LogP contribution in [0.4, 0.5) is 5.69 Å². The lowest BCUT2D eigenvalue weighted by atomic mass is 10.2. The maximum absolute atomic E-state index is 5.29. The Balaban J connectivity index is 1.98. The topological polar surface area (TPSA) is 56.3 Å². The summed E-state index contributed by atoms with van der Waals surface area (Å²) in [6, 6.07) is 7.63. The number of hydrogen-bond acceptors (Lipinski definition) is 5. The molecule has 2 aromatic heterocycles. The molecule has 0 amide bonds. The second-order valence-electron chi connectivity index (χ2n) is 3.84. The molecule has 0 aliphatic rings. The molecule has 19 heavy (non-hydrogen) atoms. The lowest BCUT2D eigenvalue weighted by molar-refractivity contribution is 0.327. The second kappa shape index (κ2) is 6.58. The largest absolute Gasteiger partial charge is 0.481 e.